The Morgan fingerprint density at radius 1 is 1.15 bits per heavy atom. The molecule has 0 bridgehead atoms. The van der Waals surface area contributed by atoms with Gasteiger partial charge in [-0.25, -0.2) is 0 Å². The molecule has 0 radical (unpaired) electrons. The van der Waals surface area contributed by atoms with E-state index in [9.17, 15) is 5.11 Å². The summed E-state index contributed by atoms with van der Waals surface area (Å²) >= 11 is 5.86. The monoisotopic (exact) mass is 288 g/mol. The third-order valence-corrected chi connectivity index (χ3v) is 3.97. The van der Waals surface area contributed by atoms with E-state index < -0.39 is 0 Å². The summed E-state index contributed by atoms with van der Waals surface area (Å²) in [6.07, 6.45) is 2.60. The van der Waals surface area contributed by atoms with Crippen LogP contribution in [0.15, 0.2) is 42.5 Å². The molecule has 0 saturated heterocycles. The van der Waals surface area contributed by atoms with Gasteiger partial charge in [-0.2, -0.15) is 0 Å². The molecule has 0 amide bonds. The average Bonchev–Trinajstić information content (AvgIpc) is 2.47. The third kappa shape index (κ3) is 2.97. The maximum absolute atomic E-state index is 9.93. The van der Waals surface area contributed by atoms with Crippen molar-refractivity contribution in [3.05, 3.63) is 64.2 Å². The summed E-state index contributed by atoms with van der Waals surface area (Å²) in [5, 5.41) is 10.7. The van der Waals surface area contributed by atoms with E-state index in [1.807, 2.05) is 42.5 Å². The first-order valence-corrected chi connectivity index (χ1v) is 7.28. The highest BCUT2D eigenvalue weighted by Gasteiger charge is 2.18. The van der Waals surface area contributed by atoms with Crippen LogP contribution in [-0.2, 0) is 13.0 Å². The summed E-state index contributed by atoms with van der Waals surface area (Å²) in [4.78, 5) is 0. The molecule has 20 heavy (non-hydrogen) atoms. The van der Waals surface area contributed by atoms with Crippen molar-refractivity contribution in [1.29, 1.82) is 0 Å². The van der Waals surface area contributed by atoms with Crippen LogP contribution in [0.3, 0.4) is 0 Å². The van der Waals surface area contributed by atoms with E-state index in [0.717, 1.165) is 41.2 Å². The Labute approximate surface area is 124 Å². The van der Waals surface area contributed by atoms with Gasteiger partial charge >= 0.3 is 0 Å². The largest absolute Gasteiger partial charge is 0.489 e. The van der Waals surface area contributed by atoms with Crippen LogP contribution in [0.2, 0.25) is 5.02 Å². The molecule has 0 spiro atoms. The lowest BCUT2D eigenvalue weighted by atomic mass is 9.89. The third-order valence-electron chi connectivity index (χ3n) is 3.72. The van der Waals surface area contributed by atoms with Crippen LogP contribution in [0.25, 0.3) is 0 Å². The van der Waals surface area contributed by atoms with E-state index in [2.05, 4.69) is 0 Å². The van der Waals surface area contributed by atoms with Gasteiger partial charge in [-0.1, -0.05) is 29.8 Å². The summed E-state index contributed by atoms with van der Waals surface area (Å²) in [5.74, 6) is 0.854. The zero-order chi connectivity index (χ0) is 13.9. The van der Waals surface area contributed by atoms with E-state index in [4.69, 9.17) is 16.3 Å². The van der Waals surface area contributed by atoms with Crippen molar-refractivity contribution in [2.45, 2.75) is 32.0 Å². The van der Waals surface area contributed by atoms with E-state index in [0.29, 0.717) is 6.61 Å². The molecule has 0 saturated carbocycles. The van der Waals surface area contributed by atoms with Crippen LogP contribution in [0.1, 0.15) is 35.6 Å². The molecule has 1 atom stereocenters. The van der Waals surface area contributed by atoms with Gasteiger partial charge in [0, 0.05) is 5.02 Å². The zero-order valence-electron chi connectivity index (χ0n) is 11.2. The molecular formula is C17H17ClO2. The molecule has 1 aliphatic rings. The quantitative estimate of drug-likeness (QED) is 0.913. The maximum Gasteiger partial charge on any atom is 0.120 e. The first-order chi connectivity index (χ1) is 9.72. The number of hydrogen-bond acceptors (Lipinski definition) is 2. The molecule has 2 aromatic rings. The molecule has 1 aliphatic carbocycles. The fourth-order valence-electron chi connectivity index (χ4n) is 2.60. The van der Waals surface area contributed by atoms with Crippen LogP contribution in [0.4, 0.5) is 0 Å². The lowest BCUT2D eigenvalue weighted by Crippen LogP contribution is -2.09. The Kier molecular flexibility index (Phi) is 3.95. The Bertz CT molecular complexity index is 592. The minimum absolute atomic E-state index is 0.316. The SMILES string of the molecule is OC1CCCc2cc(OCc3ccc(Cl)cc3)ccc21. The van der Waals surface area contributed by atoms with Crippen LogP contribution in [-0.4, -0.2) is 5.11 Å². The molecule has 0 heterocycles. The number of rotatable bonds is 3. The second kappa shape index (κ2) is 5.86. The molecule has 0 aliphatic heterocycles. The summed E-state index contributed by atoms with van der Waals surface area (Å²) in [5.41, 5.74) is 3.35. The van der Waals surface area contributed by atoms with Gasteiger partial charge in [0.2, 0.25) is 0 Å². The summed E-state index contributed by atoms with van der Waals surface area (Å²) in [6.45, 7) is 0.526. The smallest absolute Gasteiger partial charge is 0.120 e. The first-order valence-electron chi connectivity index (χ1n) is 6.90. The normalized spacial score (nSPS) is 17.6. The van der Waals surface area contributed by atoms with Gasteiger partial charge in [-0.3, -0.25) is 0 Å². The zero-order valence-corrected chi connectivity index (χ0v) is 11.9. The minimum atomic E-state index is -0.316. The molecule has 2 aromatic carbocycles. The fraction of sp³-hybridized carbons (Fsp3) is 0.294. The van der Waals surface area contributed by atoms with Gasteiger partial charge < -0.3 is 9.84 Å². The average molecular weight is 289 g/mol. The van der Waals surface area contributed by atoms with Crippen LogP contribution < -0.4 is 4.74 Å². The lowest BCUT2D eigenvalue weighted by molar-refractivity contribution is 0.156. The molecule has 3 heteroatoms. The second-order valence-electron chi connectivity index (χ2n) is 5.18. The highest BCUT2D eigenvalue weighted by molar-refractivity contribution is 6.30. The molecule has 3 rings (SSSR count). The highest BCUT2D eigenvalue weighted by Crippen LogP contribution is 2.32. The molecule has 0 aromatic heterocycles. The van der Waals surface area contributed by atoms with Crippen LogP contribution in [0, 0.1) is 0 Å². The number of aryl methyl sites for hydroxylation is 1. The number of ether oxygens (including phenoxy) is 1. The van der Waals surface area contributed by atoms with Gasteiger partial charge in [0.1, 0.15) is 12.4 Å². The van der Waals surface area contributed by atoms with Crippen molar-refractivity contribution in [3.63, 3.8) is 0 Å². The Morgan fingerprint density at radius 3 is 2.75 bits per heavy atom. The van der Waals surface area contributed by atoms with Crippen molar-refractivity contribution in [1.82, 2.24) is 0 Å². The number of halogens is 1. The standard InChI is InChI=1S/C17H17ClO2/c18-14-6-4-12(5-7-14)11-20-15-8-9-16-13(10-15)2-1-3-17(16)19/h4-10,17,19H,1-3,11H2. The number of aliphatic hydroxyl groups excluding tert-OH is 1. The molecule has 2 nitrogen and oxygen atoms in total. The Balaban J connectivity index is 1.70. The molecule has 104 valence electrons. The summed E-state index contributed by atoms with van der Waals surface area (Å²) in [7, 11) is 0. The fourth-order valence-corrected chi connectivity index (χ4v) is 2.73. The van der Waals surface area contributed by atoms with Crippen molar-refractivity contribution in [2.24, 2.45) is 0 Å². The second-order valence-corrected chi connectivity index (χ2v) is 5.62. The Morgan fingerprint density at radius 2 is 1.95 bits per heavy atom. The number of aliphatic hydroxyl groups is 1. The van der Waals surface area contributed by atoms with Gasteiger partial charge in [0.05, 0.1) is 6.10 Å². The molecular weight excluding hydrogens is 272 g/mol. The van der Waals surface area contributed by atoms with E-state index >= 15 is 0 Å². The number of fused-ring (bicyclic) bond motifs is 1. The Hall–Kier alpha value is -1.51. The summed E-state index contributed by atoms with van der Waals surface area (Å²) < 4.78 is 5.81. The maximum atomic E-state index is 9.93. The van der Waals surface area contributed by atoms with E-state index in [1.165, 1.54) is 5.56 Å². The lowest BCUT2D eigenvalue weighted by Gasteiger charge is -2.21. The minimum Gasteiger partial charge on any atom is -0.489 e. The topological polar surface area (TPSA) is 29.5 Å². The van der Waals surface area contributed by atoms with Crippen molar-refractivity contribution < 1.29 is 9.84 Å². The predicted molar refractivity (Wildman–Crippen MR) is 80.1 cm³/mol. The van der Waals surface area contributed by atoms with Crippen molar-refractivity contribution in [2.75, 3.05) is 0 Å². The highest BCUT2D eigenvalue weighted by atomic mass is 35.5. The summed E-state index contributed by atoms with van der Waals surface area (Å²) in [6, 6.07) is 13.6. The molecule has 0 fully saturated rings. The number of hydrogen-bond donors (Lipinski definition) is 1. The van der Waals surface area contributed by atoms with E-state index in [-0.39, 0.29) is 6.10 Å². The van der Waals surface area contributed by atoms with Gasteiger partial charge in [0.15, 0.2) is 0 Å². The molecule has 1 N–H and O–H groups in total. The van der Waals surface area contributed by atoms with Crippen molar-refractivity contribution >= 4 is 11.6 Å². The first kappa shape index (κ1) is 13.5. The van der Waals surface area contributed by atoms with Gasteiger partial charge in [-0.15, -0.1) is 0 Å². The van der Waals surface area contributed by atoms with Crippen LogP contribution in [0.5, 0.6) is 5.75 Å². The van der Waals surface area contributed by atoms with Gasteiger partial charge in [-0.05, 0) is 60.2 Å². The van der Waals surface area contributed by atoms with Crippen LogP contribution >= 0.6 is 11.6 Å². The predicted octanol–water partition coefficient (Wildman–Crippen LogP) is 4.29. The molecule has 1 unspecified atom stereocenters. The van der Waals surface area contributed by atoms with E-state index in [1.54, 1.807) is 0 Å². The van der Waals surface area contributed by atoms with Crippen molar-refractivity contribution in [3.8, 4) is 5.75 Å². The van der Waals surface area contributed by atoms with Gasteiger partial charge in [0.25, 0.3) is 0 Å². The number of benzene rings is 2.